The van der Waals surface area contributed by atoms with Crippen LogP contribution in [-0.2, 0) is 16.4 Å². The number of fused-ring (bicyclic) bond motifs is 1. The van der Waals surface area contributed by atoms with E-state index in [-0.39, 0.29) is 0 Å². The van der Waals surface area contributed by atoms with E-state index >= 15 is 0 Å². The van der Waals surface area contributed by atoms with Gasteiger partial charge in [-0.2, -0.15) is 0 Å². The molecule has 4 N–H and O–H groups in total. The van der Waals surface area contributed by atoms with Crippen LogP contribution in [0.25, 0.3) is 10.9 Å². The summed E-state index contributed by atoms with van der Waals surface area (Å²) in [5, 5.41) is 7.64. The Morgan fingerprint density at radius 1 is 1.24 bits per heavy atom. The SMILES string of the molecule is CN=C(NCCc1c[nH]c2ccccc12)NCC(C)(C)NS(C)(=O)=O. The number of H-pyrrole nitrogens is 1. The smallest absolute Gasteiger partial charge is 0.209 e. The molecule has 0 aliphatic heterocycles. The maximum atomic E-state index is 11.4. The molecule has 0 spiro atoms. The third-order valence-electron chi connectivity index (χ3n) is 3.74. The van der Waals surface area contributed by atoms with Gasteiger partial charge in [0.15, 0.2) is 5.96 Å². The monoisotopic (exact) mass is 365 g/mol. The van der Waals surface area contributed by atoms with E-state index in [0.29, 0.717) is 12.5 Å². The summed E-state index contributed by atoms with van der Waals surface area (Å²) >= 11 is 0. The number of guanidine groups is 1. The van der Waals surface area contributed by atoms with Crippen molar-refractivity contribution in [2.24, 2.45) is 4.99 Å². The highest BCUT2D eigenvalue weighted by Crippen LogP contribution is 2.17. The molecule has 1 aromatic heterocycles. The molecule has 1 heterocycles. The van der Waals surface area contributed by atoms with Gasteiger partial charge in [-0.3, -0.25) is 4.99 Å². The Kier molecular flexibility index (Phi) is 6.07. The summed E-state index contributed by atoms with van der Waals surface area (Å²) in [5.41, 5.74) is 1.77. The third-order valence-corrected chi connectivity index (χ3v) is 4.67. The molecule has 8 heteroatoms. The van der Waals surface area contributed by atoms with Gasteiger partial charge < -0.3 is 15.6 Å². The maximum absolute atomic E-state index is 11.4. The topological polar surface area (TPSA) is 98.4 Å². The molecular weight excluding hydrogens is 338 g/mol. The first-order valence-corrected chi connectivity index (χ1v) is 10.1. The van der Waals surface area contributed by atoms with E-state index in [4.69, 9.17) is 0 Å². The Morgan fingerprint density at radius 2 is 1.96 bits per heavy atom. The van der Waals surface area contributed by atoms with Gasteiger partial charge in [0.25, 0.3) is 0 Å². The van der Waals surface area contributed by atoms with Crippen LogP contribution < -0.4 is 15.4 Å². The first kappa shape index (κ1) is 19.3. The second-order valence-corrected chi connectivity index (χ2v) is 8.47. The van der Waals surface area contributed by atoms with Crippen molar-refractivity contribution in [1.82, 2.24) is 20.3 Å². The molecule has 0 aliphatic carbocycles. The van der Waals surface area contributed by atoms with Crippen LogP contribution in [0.2, 0.25) is 0 Å². The first-order chi connectivity index (χ1) is 11.7. The van der Waals surface area contributed by atoms with E-state index in [9.17, 15) is 8.42 Å². The summed E-state index contributed by atoms with van der Waals surface area (Å²) in [6, 6.07) is 8.21. The van der Waals surface area contributed by atoms with Crippen LogP contribution in [-0.4, -0.2) is 51.3 Å². The maximum Gasteiger partial charge on any atom is 0.209 e. The van der Waals surface area contributed by atoms with E-state index in [1.807, 2.05) is 32.2 Å². The summed E-state index contributed by atoms with van der Waals surface area (Å²) in [4.78, 5) is 7.45. The van der Waals surface area contributed by atoms with E-state index < -0.39 is 15.6 Å². The highest BCUT2D eigenvalue weighted by atomic mass is 32.2. The van der Waals surface area contributed by atoms with E-state index in [0.717, 1.165) is 24.7 Å². The number of para-hydroxylation sites is 1. The van der Waals surface area contributed by atoms with Gasteiger partial charge in [-0.1, -0.05) is 18.2 Å². The Hall–Kier alpha value is -2.06. The molecule has 138 valence electrons. The Bertz CT molecular complexity index is 840. The molecule has 0 radical (unpaired) electrons. The molecular formula is C17H27N5O2S. The molecule has 2 rings (SSSR count). The lowest BCUT2D eigenvalue weighted by atomic mass is 10.1. The van der Waals surface area contributed by atoms with Gasteiger partial charge in [0.2, 0.25) is 10.0 Å². The molecule has 0 saturated heterocycles. The van der Waals surface area contributed by atoms with Gasteiger partial charge in [-0.15, -0.1) is 0 Å². The van der Waals surface area contributed by atoms with Crippen molar-refractivity contribution in [2.45, 2.75) is 25.8 Å². The van der Waals surface area contributed by atoms with Crippen molar-refractivity contribution in [3.05, 3.63) is 36.0 Å². The van der Waals surface area contributed by atoms with Crippen LogP contribution in [0.4, 0.5) is 0 Å². The fourth-order valence-corrected chi connectivity index (χ4v) is 3.79. The average molecular weight is 366 g/mol. The minimum atomic E-state index is -3.26. The summed E-state index contributed by atoms with van der Waals surface area (Å²) < 4.78 is 25.4. The number of rotatable bonds is 7. The molecule has 0 fully saturated rings. The quantitative estimate of drug-likeness (QED) is 0.438. The highest BCUT2D eigenvalue weighted by molar-refractivity contribution is 7.88. The van der Waals surface area contributed by atoms with Crippen LogP contribution in [0.15, 0.2) is 35.5 Å². The van der Waals surface area contributed by atoms with Crippen molar-refractivity contribution in [2.75, 3.05) is 26.4 Å². The lowest BCUT2D eigenvalue weighted by Crippen LogP contribution is -2.53. The minimum absolute atomic E-state index is 0.423. The highest BCUT2D eigenvalue weighted by Gasteiger charge is 2.22. The van der Waals surface area contributed by atoms with Crippen molar-refractivity contribution in [3.8, 4) is 0 Å². The predicted molar refractivity (Wildman–Crippen MR) is 103 cm³/mol. The van der Waals surface area contributed by atoms with Gasteiger partial charge in [0, 0.05) is 42.8 Å². The lowest BCUT2D eigenvalue weighted by Gasteiger charge is -2.26. The zero-order valence-corrected chi connectivity index (χ0v) is 16.0. The molecule has 25 heavy (non-hydrogen) atoms. The number of nitrogens with one attached hydrogen (secondary N) is 4. The fourth-order valence-electron chi connectivity index (χ4n) is 2.72. The van der Waals surface area contributed by atoms with Crippen LogP contribution in [0.1, 0.15) is 19.4 Å². The van der Waals surface area contributed by atoms with Crippen LogP contribution in [0, 0.1) is 0 Å². The summed E-state index contributed by atoms with van der Waals surface area (Å²) in [6.45, 7) is 4.79. The Morgan fingerprint density at radius 3 is 2.64 bits per heavy atom. The van der Waals surface area contributed by atoms with E-state index in [1.54, 1.807) is 7.05 Å². The van der Waals surface area contributed by atoms with Crippen LogP contribution >= 0.6 is 0 Å². The number of aliphatic imine (C=N–C) groups is 1. The number of hydrogen-bond donors (Lipinski definition) is 4. The van der Waals surface area contributed by atoms with Crippen molar-refractivity contribution >= 4 is 26.9 Å². The second kappa shape index (κ2) is 7.88. The first-order valence-electron chi connectivity index (χ1n) is 8.19. The molecule has 0 aliphatic rings. The van der Waals surface area contributed by atoms with Crippen LogP contribution in [0.5, 0.6) is 0 Å². The molecule has 0 atom stereocenters. The minimum Gasteiger partial charge on any atom is -0.361 e. The van der Waals surface area contributed by atoms with Crippen molar-refractivity contribution in [1.29, 1.82) is 0 Å². The number of sulfonamides is 1. The molecule has 0 bridgehead atoms. The van der Waals surface area contributed by atoms with Gasteiger partial charge in [0.1, 0.15) is 0 Å². The number of hydrogen-bond acceptors (Lipinski definition) is 3. The predicted octanol–water partition coefficient (Wildman–Crippen LogP) is 1.20. The molecule has 0 amide bonds. The lowest BCUT2D eigenvalue weighted by molar-refractivity contribution is 0.446. The second-order valence-electron chi connectivity index (χ2n) is 6.72. The third kappa shape index (κ3) is 6.06. The number of nitrogens with zero attached hydrogens (tertiary/aromatic N) is 1. The molecule has 0 unspecified atom stereocenters. The average Bonchev–Trinajstić information content (AvgIpc) is 2.91. The van der Waals surface area contributed by atoms with E-state index in [1.165, 1.54) is 10.9 Å². The summed E-state index contributed by atoms with van der Waals surface area (Å²) in [7, 11) is -1.57. The van der Waals surface area contributed by atoms with Crippen LogP contribution in [0.3, 0.4) is 0 Å². The normalized spacial score (nSPS) is 13.2. The molecule has 1 aromatic carbocycles. The largest absolute Gasteiger partial charge is 0.361 e. The van der Waals surface area contributed by atoms with E-state index in [2.05, 4.69) is 37.5 Å². The number of aromatic nitrogens is 1. The molecule has 7 nitrogen and oxygen atoms in total. The summed E-state index contributed by atoms with van der Waals surface area (Å²) in [5.74, 6) is 0.642. The molecule has 0 saturated carbocycles. The van der Waals surface area contributed by atoms with Crippen molar-refractivity contribution < 1.29 is 8.42 Å². The number of aromatic amines is 1. The van der Waals surface area contributed by atoms with Gasteiger partial charge in [-0.25, -0.2) is 13.1 Å². The molecule has 2 aromatic rings. The fraction of sp³-hybridized carbons (Fsp3) is 0.471. The Labute approximate surface area is 149 Å². The standard InChI is InChI=1S/C17H27N5O2S/c1-17(2,22-25(4,23)24)12-21-16(18-3)19-10-9-13-11-20-15-8-6-5-7-14(13)15/h5-8,11,20,22H,9-10,12H2,1-4H3,(H2,18,19,21). The summed E-state index contributed by atoms with van der Waals surface area (Å²) in [6.07, 6.45) is 4.04. The van der Waals surface area contributed by atoms with Gasteiger partial charge in [-0.05, 0) is 31.9 Å². The number of benzene rings is 1. The van der Waals surface area contributed by atoms with Crippen molar-refractivity contribution in [3.63, 3.8) is 0 Å². The van der Waals surface area contributed by atoms with Gasteiger partial charge >= 0.3 is 0 Å². The zero-order valence-electron chi connectivity index (χ0n) is 15.2. The van der Waals surface area contributed by atoms with Gasteiger partial charge in [0.05, 0.1) is 6.26 Å². The zero-order chi connectivity index (χ0) is 18.5. The Balaban J connectivity index is 1.84.